The summed E-state index contributed by atoms with van der Waals surface area (Å²) in [5.74, 6) is 2.82. The zero-order chi connectivity index (χ0) is 22.4. The van der Waals surface area contributed by atoms with Gasteiger partial charge in [0.15, 0.2) is 11.5 Å². The fourth-order valence-electron chi connectivity index (χ4n) is 3.82. The number of hydrogen-bond donors (Lipinski definition) is 0. The number of benzene rings is 1. The Hall–Kier alpha value is -3.16. The standard InChI is InChI=1S/C23H29NO7/c1-15-13-18(14-21(26)30-15)31-17-9-11-24(12-10-17)20(25)8-6-16-5-7-19(27-2)23(29-4)22(16)28-3/h5,7,13-14,17H,6,8-12H2,1-4H3. The molecule has 1 aromatic carbocycles. The molecule has 1 fully saturated rings. The highest BCUT2D eigenvalue weighted by molar-refractivity contribution is 5.76. The van der Waals surface area contributed by atoms with Gasteiger partial charge in [0.05, 0.1) is 27.4 Å². The molecule has 0 aliphatic carbocycles. The Balaban J connectivity index is 1.54. The van der Waals surface area contributed by atoms with Gasteiger partial charge in [0.1, 0.15) is 17.6 Å². The van der Waals surface area contributed by atoms with Gasteiger partial charge in [-0.15, -0.1) is 0 Å². The first-order valence-electron chi connectivity index (χ1n) is 10.3. The maximum atomic E-state index is 12.7. The predicted molar refractivity (Wildman–Crippen MR) is 114 cm³/mol. The first kappa shape index (κ1) is 22.5. The molecule has 0 radical (unpaired) electrons. The molecule has 8 nitrogen and oxygen atoms in total. The van der Waals surface area contributed by atoms with Crippen molar-refractivity contribution < 1.29 is 28.2 Å². The number of hydrogen-bond acceptors (Lipinski definition) is 7. The molecule has 0 saturated carbocycles. The molecule has 1 amide bonds. The predicted octanol–water partition coefficient (Wildman–Crippen LogP) is 2.98. The van der Waals surface area contributed by atoms with Gasteiger partial charge in [0.25, 0.3) is 0 Å². The molecule has 1 aromatic heterocycles. The number of likely N-dealkylation sites (tertiary alicyclic amines) is 1. The van der Waals surface area contributed by atoms with Crippen LogP contribution < -0.4 is 24.6 Å². The Morgan fingerprint density at radius 1 is 1.06 bits per heavy atom. The number of carbonyl (C=O) groups excluding carboxylic acids is 1. The molecule has 1 saturated heterocycles. The minimum Gasteiger partial charge on any atom is -0.493 e. The van der Waals surface area contributed by atoms with Crippen LogP contribution in [0.25, 0.3) is 0 Å². The highest BCUT2D eigenvalue weighted by Gasteiger charge is 2.25. The van der Waals surface area contributed by atoms with Gasteiger partial charge in [0.2, 0.25) is 11.7 Å². The van der Waals surface area contributed by atoms with Crippen LogP contribution in [-0.4, -0.2) is 51.3 Å². The molecule has 0 N–H and O–H groups in total. The fraction of sp³-hybridized carbons (Fsp3) is 0.478. The van der Waals surface area contributed by atoms with Crippen molar-refractivity contribution in [1.29, 1.82) is 0 Å². The average Bonchev–Trinajstić information content (AvgIpc) is 2.76. The van der Waals surface area contributed by atoms with Crippen LogP contribution in [0.2, 0.25) is 0 Å². The van der Waals surface area contributed by atoms with E-state index in [2.05, 4.69) is 0 Å². The van der Waals surface area contributed by atoms with Gasteiger partial charge in [-0.1, -0.05) is 6.07 Å². The summed E-state index contributed by atoms with van der Waals surface area (Å²) in [6.45, 7) is 2.95. The van der Waals surface area contributed by atoms with Crippen molar-refractivity contribution in [1.82, 2.24) is 4.90 Å². The van der Waals surface area contributed by atoms with E-state index in [1.165, 1.54) is 6.07 Å². The van der Waals surface area contributed by atoms with Gasteiger partial charge in [-0.2, -0.15) is 0 Å². The third-order valence-electron chi connectivity index (χ3n) is 5.36. The van der Waals surface area contributed by atoms with Gasteiger partial charge in [-0.05, 0) is 25.0 Å². The molecule has 0 unspecified atom stereocenters. The van der Waals surface area contributed by atoms with Crippen LogP contribution in [0.3, 0.4) is 0 Å². The molecule has 0 bridgehead atoms. The Kier molecular flexibility index (Phi) is 7.44. The number of piperidine rings is 1. The Labute approximate surface area is 181 Å². The lowest BCUT2D eigenvalue weighted by Crippen LogP contribution is -2.41. The first-order valence-corrected chi connectivity index (χ1v) is 10.3. The molecule has 168 valence electrons. The van der Waals surface area contributed by atoms with Gasteiger partial charge < -0.3 is 28.3 Å². The fourth-order valence-corrected chi connectivity index (χ4v) is 3.82. The smallest absolute Gasteiger partial charge is 0.339 e. The van der Waals surface area contributed by atoms with Crippen LogP contribution in [0.1, 0.15) is 30.6 Å². The highest BCUT2D eigenvalue weighted by atomic mass is 16.5. The van der Waals surface area contributed by atoms with Crippen molar-refractivity contribution in [2.24, 2.45) is 0 Å². The van der Waals surface area contributed by atoms with Crippen LogP contribution in [0.4, 0.5) is 0 Å². The van der Waals surface area contributed by atoms with E-state index in [1.54, 1.807) is 34.3 Å². The maximum Gasteiger partial charge on any atom is 0.339 e. The van der Waals surface area contributed by atoms with E-state index in [-0.39, 0.29) is 12.0 Å². The van der Waals surface area contributed by atoms with Crippen LogP contribution in [0.5, 0.6) is 23.0 Å². The molecule has 0 atom stereocenters. The van der Waals surface area contributed by atoms with Crippen molar-refractivity contribution >= 4 is 5.91 Å². The average molecular weight is 431 g/mol. The Bertz CT molecular complexity index is 961. The van der Waals surface area contributed by atoms with E-state index in [9.17, 15) is 9.59 Å². The molecule has 1 aliphatic rings. The van der Waals surface area contributed by atoms with E-state index in [4.69, 9.17) is 23.4 Å². The van der Waals surface area contributed by atoms with Gasteiger partial charge in [-0.25, -0.2) is 4.79 Å². The second kappa shape index (κ2) is 10.2. The monoisotopic (exact) mass is 431 g/mol. The molecular formula is C23H29NO7. The number of amides is 1. The minimum atomic E-state index is -0.423. The van der Waals surface area contributed by atoms with Gasteiger partial charge in [0, 0.05) is 38.4 Å². The Morgan fingerprint density at radius 3 is 2.39 bits per heavy atom. The highest BCUT2D eigenvalue weighted by Crippen LogP contribution is 2.40. The topological polar surface area (TPSA) is 87.4 Å². The molecular weight excluding hydrogens is 402 g/mol. The first-order chi connectivity index (χ1) is 14.9. The molecule has 8 heteroatoms. The number of methoxy groups -OCH3 is 3. The summed E-state index contributed by atoms with van der Waals surface area (Å²) in [7, 11) is 4.71. The van der Waals surface area contributed by atoms with Crippen molar-refractivity contribution in [3.8, 4) is 23.0 Å². The third kappa shape index (κ3) is 5.51. The summed E-state index contributed by atoms with van der Waals surface area (Å²) in [5.41, 5.74) is 0.471. The number of ether oxygens (including phenoxy) is 4. The van der Waals surface area contributed by atoms with E-state index in [0.29, 0.717) is 67.5 Å². The summed E-state index contributed by atoms with van der Waals surface area (Å²) in [6, 6.07) is 6.76. The zero-order valence-electron chi connectivity index (χ0n) is 18.4. The second-order valence-electron chi connectivity index (χ2n) is 7.41. The summed E-state index contributed by atoms with van der Waals surface area (Å²) in [4.78, 5) is 26.1. The maximum absolute atomic E-state index is 12.7. The van der Waals surface area contributed by atoms with E-state index in [1.807, 2.05) is 17.0 Å². The van der Waals surface area contributed by atoms with Gasteiger partial charge >= 0.3 is 5.63 Å². The lowest BCUT2D eigenvalue weighted by atomic mass is 10.0. The van der Waals surface area contributed by atoms with Crippen LogP contribution in [-0.2, 0) is 11.2 Å². The lowest BCUT2D eigenvalue weighted by molar-refractivity contribution is -0.132. The number of aryl methyl sites for hydroxylation is 2. The molecule has 3 rings (SSSR count). The number of rotatable bonds is 8. The van der Waals surface area contributed by atoms with Crippen LogP contribution in [0.15, 0.2) is 33.5 Å². The molecule has 2 heterocycles. The van der Waals surface area contributed by atoms with Crippen molar-refractivity contribution in [2.75, 3.05) is 34.4 Å². The largest absolute Gasteiger partial charge is 0.493 e. The van der Waals surface area contributed by atoms with Gasteiger partial charge in [-0.3, -0.25) is 4.79 Å². The summed E-state index contributed by atoms with van der Waals surface area (Å²) in [6.07, 6.45) is 2.31. The summed E-state index contributed by atoms with van der Waals surface area (Å²) < 4.78 is 27.1. The van der Waals surface area contributed by atoms with E-state index in [0.717, 1.165) is 5.56 Å². The van der Waals surface area contributed by atoms with E-state index >= 15 is 0 Å². The zero-order valence-corrected chi connectivity index (χ0v) is 18.4. The van der Waals surface area contributed by atoms with Crippen LogP contribution >= 0.6 is 0 Å². The molecule has 31 heavy (non-hydrogen) atoms. The quantitative estimate of drug-likeness (QED) is 0.635. The van der Waals surface area contributed by atoms with Crippen LogP contribution in [0, 0.1) is 6.92 Å². The molecule has 2 aromatic rings. The second-order valence-corrected chi connectivity index (χ2v) is 7.41. The van der Waals surface area contributed by atoms with E-state index < -0.39 is 5.63 Å². The van der Waals surface area contributed by atoms with Crippen molar-refractivity contribution in [3.63, 3.8) is 0 Å². The molecule has 1 aliphatic heterocycles. The normalized spacial score (nSPS) is 14.3. The SMILES string of the molecule is COc1ccc(CCC(=O)N2CCC(Oc3cc(C)oc(=O)c3)CC2)c(OC)c1OC. The molecule has 0 spiro atoms. The van der Waals surface area contributed by atoms with Crippen molar-refractivity contribution in [2.45, 2.75) is 38.7 Å². The minimum absolute atomic E-state index is 0.0313. The summed E-state index contributed by atoms with van der Waals surface area (Å²) >= 11 is 0. The number of carbonyl (C=O) groups is 1. The van der Waals surface area contributed by atoms with Crippen molar-refractivity contribution in [3.05, 3.63) is 46.0 Å². The Morgan fingerprint density at radius 2 is 1.77 bits per heavy atom. The summed E-state index contributed by atoms with van der Waals surface area (Å²) in [5, 5.41) is 0. The number of nitrogens with zero attached hydrogens (tertiary/aromatic N) is 1. The third-order valence-corrected chi connectivity index (χ3v) is 5.36. The lowest BCUT2D eigenvalue weighted by Gasteiger charge is -2.32.